The van der Waals surface area contributed by atoms with Crippen molar-refractivity contribution in [3.8, 4) is 0 Å². The molecule has 1 aromatic carbocycles. The number of ether oxygens (including phenoxy) is 1. The minimum absolute atomic E-state index is 0.0387. The van der Waals surface area contributed by atoms with Crippen LogP contribution in [0.3, 0.4) is 0 Å². The molecule has 0 amide bonds. The Hall–Kier alpha value is -1.67. The van der Waals surface area contributed by atoms with Gasteiger partial charge in [-0.15, -0.1) is 0 Å². The van der Waals surface area contributed by atoms with Crippen LogP contribution in [0, 0.1) is 46.3 Å². The van der Waals surface area contributed by atoms with E-state index in [4.69, 9.17) is 16.3 Å². The van der Waals surface area contributed by atoms with Gasteiger partial charge < -0.3 is 4.74 Å². The maximum Gasteiger partial charge on any atom is 0.391 e. The Bertz CT molecular complexity index is 1220. The Morgan fingerprint density at radius 1 is 1.08 bits per heavy atom. The van der Waals surface area contributed by atoms with Gasteiger partial charge >= 0.3 is 6.18 Å². The van der Waals surface area contributed by atoms with Gasteiger partial charge in [-0.25, -0.2) is 0 Å². The molecule has 6 unspecified atom stereocenters. The Labute approximate surface area is 226 Å². The molecule has 0 saturated heterocycles. The molecule has 4 aliphatic carbocycles. The number of hydrogen-bond acceptors (Lipinski definition) is 4. The number of fused-ring (bicyclic) bond motifs is 6. The number of Topliss-reactive ketones (excluding diaryl/α,β-unsaturated/α-hetero) is 1. The molecule has 38 heavy (non-hydrogen) atoms. The fourth-order valence-corrected chi connectivity index (χ4v) is 9.85. The third kappa shape index (κ3) is 4.20. The average molecular weight is 552 g/mol. The van der Waals surface area contributed by atoms with Gasteiger partial charge in [0.15, 0.2) is 5.78 Å². The summed E-state index contributed by atoms with van der Waals surface area (Å²) >= 11 is 6.09. The first kappa shape index (κ1) is 26.5. The summed E-state index contributed by atoms with van der Waals surface area (Å²) in [5.74, 6) is 0.293. The predicted molar refractivity (Wildman–Crippen MR) is 139 cm³/mol. The minimum atomic E-state index is -4.11. The number of benzene rings is 1. The van der Waals surface area contributed by atoms with E-state index in [-0.39, 0.29) is 47.8 Å². The van der Waals surface area contributed by atoms with Crippen LogP contribution < -0.4 is 0 Å². The van der Waals surface area contributed by atoms with Crippen LogP contribution in [-0.4, -0.2) is 40.7 Å². The number of hydrogen-bond donors (Lipinski definition) is 0. The van der Waals surface area contributed by atoms with Crippen LogP contribution in [0.5, 0.6) is 0 Å². The van der Waals surface area contributed by atoms with Crippen molar-refractivity contribution in [1.82, 2.24) is 15.0 Å². The van der Waals surface area contributed by atoms with Crippen LogP contribution in [0.15, 0.2) is 18.2 Å². The number of halogens is 4. The zero-order valence-electron chi connectivity index (χ0n) is 22.1. The van der Waals surface area contributed by atoms with Gasteiger partial charge in [0.1, 0.15) is 17.6 Å². The number of alkyl halides is 3. The third-order valence-corrected chi connectivity index (χ3v) is 11.5. The maximum absolute atomic E-state index is 13.6. The predicted octanol–water partition coefficient (Wildman–Crippen LogP) is 7.12. The summed E-state index contributed by atoms with van der Waals surface area (Å²) < 4.78 is 46.7. The molecule has 4 aliphatic rings. The van der Waals surface area contributed by atoms with Crippen LogP contribution in [-0.2, 0) is 16.1 Å². The highest BCUT2D eigenvalue weighted by atomic mass is 35.5. The van der Waals surface area contributed by atoms with E-state index in [1.807, 2.05) is 6.07 Å². The first-order chi connectivity index (χ1) is 18.0. The molecule has 8 atom stereocenters. The van der Waals surface area contributed by atoms with E-state index >= 15 is 0 Å². The molecular weight excluding hydrogens is 515 g/mol. The van der Waals surface area contributed by atoms with E-state index in [0.717, 1.165) is 44.0 Å². The second-order valence-electron chi connectivity index (χ2n) is 12.8. The quantitative estimate of drug-likeness (QED) is 0.397. The summed E-state index contributed by atoms with van der Waals surface area (Å²) in [5, 5.41) is 9.56. The second-order valence-corrected chi connectivity index (χ2v) is 13.3. The minimum Gasteiger partial charge on any atom is -0.384 e. The summed E-state index contributed by atoms with van der Waals surface area (Å²) in [7, 11) is 1.70. The normalized spacial score (nSPS) is 39.0. The van der Waals surface area contributed by atoms with Gasteiger partial charge in [0.05, 0.1) is 12.5 Å². The van der Waals surface area contributed by atoms with Gasteiger partial charge in [0.2, 0.25) is 0 Å². The van der Waals surface area contributed by atoms with E-state index in [1.54, 1.807) is 19.2 Å². The number of rotatable bonds is 5. The van der Waals surface area contributed by atoms with Crippen molar-refractivity contribution < 1.29 is 22.7 Å². The van der Waals surface area contributed by atoms with Crippen molar-refractivity contribution in [2.45, 2.75) is 77.4 Å². The van der Waals surface area contributed by atoms with Gasteiger partial charge in [-0.1, -0.05) is 18.5 Å². The molecule has 5 nitrogen and oxygen atoms in total. The molecule has 0 radical (unpaired) electrons. The van der Waals surface area contributed by atoms with Crippen molar-refractivity contribution in [3.05, 3.63) is 23.2 Å². The topological polar surface area (TPSA) is 57.0 Å². The number of aromatic nitrogens is 3. The Morgan fingerprint density at radius 3 is 2.63 bits per heavy atom. The first-order valence-corrected chi connectivity index (χ1v) is 14.5. The van der Waals surface area contributed by atoms with E-state index in [9.17, 15) is 18.0 Å². The van der Waals surface area contributed by atoms with Crippen molar-refractivity contribution >= 4 is 28.4 Å². The van der Waals surface area contributed by atoms with Gasteiger partial charge in [-0.3, -0.25) is 4.79 Å². The van der Waals surface area contributed by atoms with E-state index in [2.05, 4.69) is 17.1 Å². The Kier molecular flexibility index (Phi) is 6.61. The monoisotopic (exact) mass is 551 g/mol. The lowest BCUT2D eigenvalue weighted by Gasteiger charge is -2.62. The third-order valence-electron chi connectivity index (χ3n) is 11.3. The van der Waals surface area contributed by atoms with Crippen molar-refractivity contribution in [1.29, 1.82) is 0 Å². The lowest BCUT2D eigenvalue weighted by Crippen LogP contribution is -2.57. The molecule has 6 rings (SSSR count). The fourth-order valence-electron chi connectivity index (χ4n) is 9.68. The van der Waals surface area contributed by atoms with Crippen LogP contribution >= 0.6 is 11.6 Å². The van der Waals surface area contributed by atoms with Crippen LogP contribution in [0.1, 0.15) is 64.7 Å². The van der Waals surface area contributed by atoms with E-state index < -0.39 is 12.1 Å². The molecular formula is C29H37ClF3N3O2. The number of carbonyl (C=O) groups excluding carboxylic acids is 1. The van der Waals surface area contributed by atoms with Crippen LogP contribution in [0.2, 0.25) is 5.02 Å². The molecule has 9 heteroatoms. The van der Waals surface area contributed by atoms with Crippen molar-refractivity contribution in [2.24, 2.45) is 46.3 Å². The van der Waals surface area contributed by atoms with Gasteiger partial charge in [-0.05, 0) is 110 Å². The second kappa shape index (κ2) is 9.46. The summed E-state index contributed by atoms with van der Waals surface area (Å²) in [6.45, 7) is 3.01. The summed E-state index contributed by atoms with van der Waals surface area (Å²) in [6, 6.07) is 5.34. The molecule has 4 fully saturated rings. The molecule has 4 saturated carbocycles. The highest BCUT2D eigenvalue weighted by Gasteiger charge is 2.63. The maximum atomic E-state index is 13.6. The first-order valence-electron chi connectivity index (χ1n) is 14.1. The standard InChI is InChI=1S/C29H37ClF3N3O2/c1-27-11-10-22-20(5-3-17-13-18(29(31,32)33)9-12-28(17,22)16-38-2)21(27)6-7-23(27)26(37)15-36-34-24-8-4-19(30)14-25(24)35-36/h4,8,14,17-18,20-23H,3,5-7,9-13,15-16H2,1-2H3/t17?,18?,20-,21?,22?,23+,27?,28?/m0/s1. The van der Waals surface area contributed by atoms with Gasteiger partial charge in [-0.2, -0.15) is 28.2 Å². The zero-order valence-corrected chi connectivity index (χ0v) is 22.9. The number of methoxy groups -OCH3 is 1. The summed E-state index contributed by atoms with van der Waals surface area (Å²) in [5.41, 5.74) is 1.15. The van der Waals surface area contributed by atoms with E-state index in [1.165, 1.54) is 4.80 Å². The lowest BCUT2D eigenvalue weighted by molar-refractivity contribution is -0.217. The number of nitrogens with zero attached hydrogens (tertiary/aromatic N) is 3. The number of carbonyl (C=O) groups is 1. The highest BCUT2D eigenvalue weighted by Crippen LogP contribution is 2.68. The molecule has 1 heterocycles. The molecule has 0 spiro atoms. The van der Waals surface area contributed by atoms with Crippen LogP contribution in [0.25, 0.3) is 11.0 Å². The molecule has 1 aromatic heterocycles. The lowest BCUT2D eigenvalue weighted by atomic mass is 9.43. The molecule has 0 bridgehead atoms. The van der Waals surface area contributed by atoms with Crippen molar-refractivity contribution in [3.63, 3.8) is 0 Å². The molecule has 0 aliphatic heterocycles. The zero-order chi connectivity index (χ0) is 26.9. The van der Waals surface area contributed by atoms with Crippen LogP contribution in [0.4, 0.5) is 13.2 Å². The molecule has 2 aromatic rings. The SMILES string of the molecule is COCC12CCC(C(F)(F)F)CC1CC[C@@H]1C2CCC2(C)C1CC[C@@H]2C(=O)Cn1nc2ccc(Cl)cc2n1. The highest BCUT2D eigenvalue weighted by molar-refractivity contribution is 6.31. The fraction of sp³-hybridized carbons (Fsp3) is 0.759. The Morgan fingerprint density at radius 2 is 1.87 bits per heavy atom. The summed E-state index contributed by atoms with van der Waals surface area (Å²) in [4.78, 5) is 15.2. The number of ketones is 1. The van der Waals surface area contributed by atoms with Crippen molar-refractivity contribution in [2.75, 3.05) is 13.7 Å². The molecule has 208 valence electrons. The Balaban J connectivity index is 1.21. The average Bonchev–Trinajstić information content (AvgIpc) is 3.42. The summed E-state index contributed by atoms with van der Waals surface area (Å²) in [6.07, 6.45) is 2.56. The smallest absolute Gasteiger partial charge is 0.384 e. The largest absolute Gasteiger partial charge is 0.391 e. The van der Waals surface area contributed by atoms with Gasteiger partial charge in [0, 0.05) is 18.1 Å². The van der Waals surface area contributed by atoms with E-state index in [0.29, 0.717) is 41.3 Å². The van der Waals surface area contributed by atoms with Gasteiger partial charge in [0.25, 0.3) is 0 Å². The molecule has 0 N–H and O–H groups in total.